The van der Waals surface area contributed by atoms with Gasteiger partial charge in [-0.1, -0.05) is 121 Å². The van der Waals surface area contributed by atoms with Gasteiger partial charge in [-0.15, -0.1) is 0 Å². The molecular weight excluding hydrogens is 601 g/mol. The zero-order chi connectivity index (χ0) is 32.1. The summed E-state index contributed by atoms with van der Waals surface area (Å²) in [5.74, 6) is 0. The summed E-state index contributed by atoms with van der Waals surface area (Å²) in [5, 5.41) is 10.8. The number of hydrogen-bond donors (Lipinski definition) is 1. The van der Waals surface area contributed by atoms with Gasteiger partial charge in [0, 0.05) is 54.8 Å². The quantitative estimate of drug-likeness (QED) is 0.212. The molecule has 0 bridgehead atoms. The average Bonchev–Trinajstić information content (AvgIpc) is 3.83. The number of aromatic nitrogens is 2. The number of benzene rings is 7. The lowest BCUT2D eigenvalue weighted by Crippen LogP contribution is -2.24. The van der Waals surface area contributed by atoms with Crippen LogP contribution < -0.4 is 5.32 Å². The molecule has 0 aliphatic carbocycles. The van der Waals surface area contributed by atoms with Crippen LogP contribution in [0.4, 0.5) is 5.69 Å². The van der Waals surface area contributed by atoms with E-state index in [4.69, 9.17) is 9.41 Å². The van der Waals surface area contributed by atoms with Crippen molar-refractivity contribution in [1.29, 1.82) is 0 Å². The van der Waals surface area contributed by atoms with Gasteiger partial charge in [-0.05, 0) is 36.4 Å². The second-order valence-electron chi connectivity index (χ2n) is 12.7. The van der Waals surface area contributed by atoms with Crippen molar-refractivity contribution < 1.29 is 4.42 Å². The molecule has 0 fully saturated rings. The van der Waals surface area contributed by atoms with Gasteiger partial charge in [0.2, 0.25) is 6.29 Å². The molecule has 0 amide bonds. The molecule has 5 heteroatoms. The number of nitrogens with one attached hydrogen (secondary N) is 1. The van der Waals surface area contributed by atoms with Gasteiger partial charge in [-0.2, -0.15) is 0 Å². The molecule has 4 heterocycles. The van der Waals surface area contributed by atoms with Gasteiger partial charge in [0.15, 0.2) is 5.58 Å². The standard InChI is InChI=1S/C44H28N4O/c1-3-15-27(16-4-1)40-29-19-7-11-23-33(29)45-44(46-40)48-35-25-13-9-21-31(35)39-41-37(38-32-22-10-14-26-36(32)49-43(38)42(39)48)30-20-8-12-24-34(30)47(41)28-17-5-2-6-18-28/h1-26,44-45H. The van der Waals surface area contributed by atoms with Gasteiger partial charge in [0.1, 0.15) is 5.58 Å². The van der Waals surface area contributed by atoms with Crippen molar-refractivity contribution in [2.75, 3.05) is 5.32 Å². The third kappa shape index (κ3) is 3.61. The highest BCUT2D eigenvalue weighted by atomic mass is 16.3. The first-order valence-corrected chi connectivity index (χ1v) is 16.7. The monoisotopic (exact) mass is 628 g/mol. The summed E-state index contributed by atoms with van der Waals surface area (Å²) < 4.78 is 11.8. The van der Waals surface area contributed by atoms with E-state index in [0.717, 1.165) is 77.5 Å². The normalized spacial score (nSPS) is 14.6. The minimum atomic E-state index is -0.434. The Morgan fingerprint density at radius 1 is 0.531 bits per heavy atom. The Morgan fingerprint density at radius 3 is 1.98 bits per heavy atom. The largest absolute Gasteiger partial charge is 0.454 e. The van der Waals surface area contributed by atoms with Crippen molar-refractivity contribution in [3.63, 3.8) is 0 Å². The Kier molecular flexibility index (Phi) is 5.38. The molecule has 1 aliphatic rings. The Hall–Kier alpha value is -6.59. The van der Waals surface area contributed by atoms with E-state index in [1.165, 1.54) is 16.3 Å². The summed E-state index contributed by atoms with van der Waals surface area (Å²) in [7, 11) is 0. The maximum Gasteiger partial charge on any atom is 0.201 e. The molecule has 1 aliphatic heterocycles. The minimum absolute atomic E-state index is 0.434. The molecule has 49 heavy (non-hydrogen) atoms. The highest BCUT2D eigenvalue weighted by Gasteiger charge is 2.31. The number of rotatable bonds is 3. The van der Waals surface area contributed by atoms with Gasteiger partial charge >= 0.3 is 0 Å². The molecule has 0 spiro atoms. The molecule has 11 rings (SSSR count). The van der Waals surface area contributed by atoms with Crippen molar-refractivity contribution in [3.05, 3.63) is 169 Å². The van der Waals surface area contributed by atoms with E-state index in [1.807, 2.05) is 0 Å². The molecule has 0 saturated heterocycles. The topological polar surface area (TPSA) is 47.4 Å². The van der Waals surface area contributed by atoms with Crippen LogP contribution in [0.1, 0.15) is 17.4 Å². The molecule has 0 saturated carbocycles. The van der Waals surface area contributed by atoms with E-state index in [-0.39, 0.29) is 0 Å². The Morgan fingerprint density at radius 2 is 1.16 bits per heavy atom. The predicted octanol–water partition coefficient (Wildman–Crippen LogP) is 11.2. The molecule has 10 aromatic rings. The summed E-state index contributed by atoms with van der Waals surface area (Å²) in [6.07, 6.45) is -0.434. The molecular formula is C44H28N4O. The second-order valence-corrected chi connectivity index (χ2v) is 12.7. The molecule has 1 unspecified atom stereocenters. The van der Waals surface area contributed by atoms with E-state index in [9.17, 15) is 0 Å². The molecule has 7 aromatic carbocycles. The van der Waals surface area contributed by atoms with Crippen molar-refractivity contribution in [1.82, 2.24) is 9.13 Å². The highest BCUT2D eigenvalue weighted by molar-refractivity contribution is 6.39. The molecule has 3 aromatic heterocycles. The average molecular weight is 629 g/mol. The van der Waals surface area contributed by atoms with E-state index in [2.05, 4.69) is 172 Å². The molecule has 5 nitrogen and oxygen atoms in total. The smallest absolute Gasteiger partial charge is 0.201 e. The highest BCUT2D eigenvalue weighted by Crippen LogP contribution is 2.49. The number of fused-ring (bicyclic) bond motifs is 13. The van der Waals surface area contributed by atoms with Gasteiger partial charge < -0.3 is 14.3 Å². The van der Waals surface area contributed by atoms with Crippen LogP contribution in [0.15, 0.2) is 167 Å². The first kappa shape index (κ1) is 26.5. The third-order valence-electron chi connectivity index (χ3n) is 10.1. The van der Waals surface area contributed by atoms with Crippen LogP contribution in [0.25, 0.3) is 71.2 Å². The zero-order valence-corrected chi connectivity index (χ0v) is 26.3. The van der Waals surface area contributed by atoms with E-state index in [1.54, 1.807) is 0 Å². The lowest BCUT2D eigenvalue weighted by atomic mass is 9.99. The molecule has 1 atom stereocenters. The van der Waals surface area contributed by atoms with E-state index >= 15 is 0 Å². The fraction of sp³-hybridized carbons (Fsp3) is 0.0227. The van der Waals surface area contributed by atoms with Gasteiger partial charge in [0.05, 0.1) is 27.8 Å². The summed E-state index contributed by atoms with van der Waals surface area (Å²) in [5.41, 5.74) is 11.5. The lowest BCUT2D eigenvalue weighted by molar-refractivity contribution is 0.617. The molecule has 0 radical (unpaired) electrons. The van der Waals surface area contributed by atoms with Crippen LogP contribution in [0.5, 0.6) is 0 Å². The lowest BCUT2D eigenvalue weighted by Gasteiger charge is -2.28. The summed E-state index contributed by atoms with van der Waals surface area (Å²) in [4.78, 5) is 5.52. The van der Waals surface area contributed by atoms with E-state index < -0.39 is 6.29 Å². The number of aliphatic imine (C=N–C) groups is 1. The van der Waals surface area contributed by atoms with Crippen molar-refractivity contribution >= 4 is 76.9 Å². The van der Waals surface area contributed by atoms with Crippen molar-refractivity contribution in [2.24, 2.45) is 4.99 Å². The van der Waals surface area contributed by atoms with Crippen LogP contribution >= 0.6 is 0 Å². The van der Waals surface area contributed by atoms with Crippen LogP contribution in [0.3, 0.4) is 0 Å². The van der Waals surface area contributed by atoms with Crippen LogP contribution in [0, 0.1) is 0 Å². The van der Waals surface area contributed by atoms with Crippen LogP contribution in [-0.2, 0) is 0 Å². The Bertz CT molecular complexity index is 2960. The number of hydrogen-bond acceptors (Lipinski definition) is 3. The van der Waals surface area contributed by atoms with Crippen LogP contribution in [-0.4, -0.2) is 14.8 Å². The summed E-state index contributed by atoms with van der Waals surface area (Å²) >= 11 is 0. The second kappa shape index (κ2) is 9.96. The predicted molar refractivity (Wildman–Crippen MR) is 202 cm³/mol. The Labute approximate surface area is 280 Å². The molecule has 230 valence electrons. The fourth-order valence-corrected chi connectivity index (χ4v) is 8.14. The van der Waals surface area contributed by atoms with E-state index in [0.29, 0.717) is 0 Å². The van der Waals surface area contributed by atoms with Crippen molar-refractivity contribution in [2.45, 2.75) is 6.29 Å². The number of furan rings is 1. The number of para-hydroxylation sites is 5. The summed E-state index contributed by atoms with van der Waals surface area (Å²) in [6, 6.07) is 55.6. The van der Waals surface area contributed by atoms with Crippen molar-refractivity contribution in [3.8, 4) is 5.69 Å². The third-order valence-corrected chi connectivity index (χ3v) is 10.1. The first-order valence-electron chi connectivity index (χ1n) is 16.7. The van der Waals surface area contributed by atoms with Gasteiger partial charge in [0.25, 0.3) is 0 Å². The number of nitrogens with zero attached hydrogens (tertiary/aromatic N) is 3. The maximum absolute atomic E-state index is 6.97. The number of anilines is 1. The Balaban J connectivity index is 1.38. The zero-order valence-electron chi connectivity index (χ0n) is 26.3. The SMILES string of the molecule is c1ccc(C2=NC(n3c4ccccc4c4c5c(c6ccccc6n5-c5ccccc5)c5c6ccccc6oc5c43)Nc3ccccc32)cc1. The van der Waals surface area contributed by atoms with Gasteiger partial charge in [-0.25, -0.2) is 4.99 Å². The van der Waals surface area contributed by atoms with Gasteiger partial charge in [-0.3, -0.25) is 4.57 Å². The minimum Gasteiger partial charge on any atom is -0.454 e. The maximum atomic E-state index is 6.97. The summed E-state index contributed by atoms with van der Waals surface area (Å²) in [6.45, 7) is 0. The van der Waals surface area contributed by atoms with Crippen LogP contribution in [0.2, 0.25) is 0 Å². The molecule has 1 N–H and O–H groups in total. The fourth-order valence-electron chi connectivity index (χ4n) is 8.14. The first-order chi connectivity index (χ1) is 24.3.